The molecule has 15 heavy (non-hydrogen) atoms. The normalized spacial score (nSPS) is 18.4. The standard InChI is InChI=1S/C10H12O5/c1-14-8(12)10(9(13)15-2)6-4-3-5-7(10)11/h3,5H,4,6H2,1-2H3. The van der Waals surface area contributed by atoms with Crippen LogP contribution in [-0.4, -0.2) is 31.9 Å². The van der Waals surface area contributed by atoms with Gasteiger partial charge in [-0.05, 0) is 18.9 Å². The molecule has 0 aliphatic heterocycles. The van der Waals surface area contributed by atoms with Crippen LogP contribution in [0.5, 0.6) is 0 Å². The minimum absolute atomic E-state index is 0.0989. The molecule has 0 aromatic carbocycles. The molecular weight excluding hydrogens is 200 g/mol. The second-order valence-electron chi connectivity index (χ2n) is 3.19. The third-order valence-corrected chi connectivity index (χ3v) is 2.44. The minimum Gasteiger partial charge on any atom is -0.468 e. The first-order valence-electron chi connectivity index (χ1n) is 4.47. The van der Waals surface area contributed by atoms with Crippen molar-refractivity contribution in [2.24, 2.45) is 5.41 Å². The SMILES string of the molecule is COC(=O)C1(C(=O)OC)CCC=CC1=O. The van der Waals surface area contributed by atoms with E-state index in [-0.39, 0.29) is 6.42 Å². The lowest BCUT2D eigenvalue weighted by Gasteiger charge is -2.27. The number of carbonyl (C=O) groups excluding carboxylic acids is 3. The number of methoxy groups -OCH3 is 2. The van der Waals surface area contributed by atoms with Crippen molar-refractivity contribution in [3.05, 3.63) is 12.2 Å². The third kappa shape index (κ3) is 1.65. The van der Waals surface area contributed by atoms with E-state index in [9.17, 15) is 14.4 Å². The van der Waals surface area contributed by atoms with E-state index in [1.165, 1.54) is 6.08 Å². The number of ketones is 1. The molecule has 0 atom stereocenters. The van der Waals surface area contributed by atoms with Crippen molar-refractivity contribution >= 4 is 17.7 Å². The van der Waals surface area contributed by atoms with Crippen LogP contribution in [-0.2, 0) is 23.9 Å². The van der Waals surface area contributed by atoms with Gasteiger partial charge < -0.3 is 9.47 Å². The molecule has 0 aromatic rings. The Labute approximate surface area is 87.0 Å². The molecule has 0 bridgehead atoms. The number of hydrogen-bond acceptors (Lipinski definition) is 5. The highest BCUT2D eigenvalue weighted by atomic mass is 16.5. The van der Waals surface area contributed by atoms with Crippen LogP contribution in [0.3, 0.4) is 0 Å². The Kier molecular flexibility index (Phi) is 3.24. The quantitative estimate of drug-likeness (QED) is 0.484. The van der Waals surface area contributed by atoms with Crippen molar-refractivity contribution in [3.63, 3.8) is 0 Å². The summed E-state index contributed by atoms with van der Waals surface area (Å²) in [5.41, 5.74) is -1.79. The van der Waals surface area contributed by atoms with Crippen molar-refractivity contribution < 1.29 is 23.9 Å². The number of hydrogen-bond donors (Lipinski definition) is 0. The molecule has 82 valence electrons. The van der Waals surface area contributed by atoms with Gasteiger partial charge in [0.1, 0.15) is 0 Å². The molecule has 1 aliphatic rings. The molecule has 0 fully saturated rings. The summed E-state index contributed by atoms with van der Waals surface area (Å²) >= 11 is 0. The summed E-state index contributed by atoms with van der Waals surface area (Å²) in [5, 5.41) is 0. The summed E-state index contributed by atoms with van der Waals surface area (Å²) in [6.07, 6.45) is 3.40. The molecule has 0 radical (unpaired) electrons. The molecule has 1 aliphatic carbocycles. The van der Waals surface area contributed by atoms with Gasteiger partial charge in [0.25, 0.3) is 0 Å². The van der Waals surface area contributed by atoms with Crippen LogP contribution >= 0.6 is 0 Å². The average molecular weight is 212 g/mol. The monoisotopic (exact) mass is 212 g/mol. The van der Waals surface area contributed by atoms with Gasteiger partial charge in [-0.3, -0.25) is 14.4 Å². The van der Waals surface area contributed by atoms with Crippen LogP contribution in [0, 0.1) is 5.41 Å². The molecule has 5 heteroatoms. The number of ether oxygens (including phenoxy) is 2. The molecule has 0 unspecified atom stereocenters. The van der Waals surface area contributed by atoms with Crippen molar-refractivity contribution in [1.82, 2.24) is 0 Å². The summed E-state index contributed by atoms with van der Waals surface area (Å²) in [6, 6.07) is 0. The highest BCUT2D eigenvalue weighted by Gasteiger charge is 2.54. The third-order valence-electron chi connectivity index (χ3n) is 2.44. The first-order chi connectivity index (χ1) is 7.09. The van der Waals surface area contributed by atoms with Crippen molar-refractivity contribution in [1.29, 1.82) is 0 Å². The van der Waals surface area contributed by atoms with Crippen molar-refractivity contribution in [3.8, 4) is 0 Å². The smallest absolute Gasteiger partial charge is 0.331 e. The van der Waals surface area contributed by atoms with Gasteiger partial charge >= 0.3 is 11.9 Å². The Bertz CT molecular complexity index is 313. The van der Waals surface area contributed by atoms with Gasteiger partial charge in [0.15, 0.2) is 5.78 Å². The number of carbonyl (C=O) groups is 3. The van der Waals surface area contributed by atoms with Crippen LogP contribution in [0.25, 0.3) is 0 Å². The van der Waals surface area contributed by atoms with E-state index in [2.05, 4.69) is 9.47 Å². The first-order valence-corrected chi connectivity index (χ1v) is 4.47. The largest absolute Gasteiger partial charge is 0.468 e. The maximum atomic E-state index is 11.6. The topological polar surface area (TPSA) is 69.7 Å². The highest BCUT2D eigenvalue weighted by Crippen LogP contribution is 2.32. The second-order valence-corrected chi connectivity index (χ2v) is 3.19. The van der Waals surface area contributed by atoms with Crippen LogP contribution < -0.4 is 0 Å². The Morgan fingerprint density at radius 3 is 2.20 bits per heavy atom. The highest BCUT2D eigenvalue weighted by molar-refractivity contribution is 6.23. The Hall–Kier alpha value is -1.65. The van der Waals surface area contributed by atoms with E-state index in [0.29, 0.717) is 6.42 Å². The van der Waals surface area contributed by atoms with Gasteiger partial charge in [-0.25, -0.2) is 0 Å². The molecule has 0 aromatic heterocycles. The number of esters is 2. The lowest BCUT2D eigenvalue weighted by molar-refractivity contribution is -0.171. The first kappa shape index (κ1) is 11.4. The molecule has 0 heterocycles. The second kappa shape index (κ2) is 4.25. The molecule has 0 saturated heterocycles. The fourth-order valence-corrected chi connectivity index (χ4v) is 1.59. The van der Waals surface area contributed by atoms with Gasteiger partial charge in [0.05, 0.1) is 14.2 Å². The van der Waals surface area contributed by atoms with E-state index in [1.54, 1.807) is 6.08 Å². The summed E-state index contributed by atoms with van der Waals surface area (Å²) in [6.45, 7) is 0. The molecule has 1 rings (SSSR count). The van der Waals surface area contributed by atoms with E-state index in [0.717, 1.165) is 14.2 Å². The van der Waals surface area contributed by atoms with Gasteiger partial charge in [0, 0.05) is 0 Å². The zero-order chi connectivity index (χ0) is 11.5. The molecule has 0 spiro atoms. The van der Waals surface area contributed by atoms with Crippen molar-refractivity contribution in [2.45, 2.75) is 12.8 Å². The van der Waals surface area contributed by atoms with Crippen molar-refractivity contribution in [2.75, 3.05) is 14.2 Å². The minimum atomic E-state index is -1.79. The van der Waals surface area contributed by atoms with Crippen LogP contribution in [0.15, 0.2) is 12.2 Å². The number of rotatable bonds is 2. The molecule has 0 N–H and O–H groups in total. The summed E-state index contributed by atoms with van der Waals surface area (Å²) in [5.74, 6) is -2.29. The zero-order valence-corrected chi connectivity index (χ0v) is 8.61. The summed E-state index contributed by atoms with van der Waals surface area (Å²) in [4.78, 5) is 34.7. The molecule has 5 nitrogen and oxygen atoms in total. The Morgan fingerprint density at radius 2 is 1.80 bits per heavy atom. The van der Waals surface area contributed by atoms with Crippen LogP contribution in [0.1, 0.15) is 12.8 Å². The number of allylic oxidation sites excluding steroid dienone is 2. The Morgan fingerprint density at radius 1 is 1.27 bits per heavy atom. The fourth-order valence-electron chi connectivity index (χ4n) is 1.59. The van der Waals surface area contributed by atoms with E-state index in [1.807, 2.05) is 0 Å². The van der Waals surface area contributed by atoms with Gasteiger partial charge in [-0.1, -0.05) is 6.08 Å². The van der Waals surface area contributed by atoms with Gasteiger partial charge in [0.2, 0.25) is 5.41 Å². The van der Waals surface area contributed by atoms with Gasteiger partial charge in [-0.2, -0.15) is 0 Å². The van der Waals surface area contributed by atoms with E-state index < -0.39 is 23.1 Å². The lowest BCUT2D eigenvalue weighted by Crippen LogP contribution is -2.48. The van der Waals surface area contributed by atoms with Crippen LogP contribution in [0.4, 0.5) is 0 Å². The summed E-state index contributed by atoms with van der Waals surface area (Å²) in [7, 11) is 2.28. The summed E-state index contributed by atoms with van der Waals surface area (Å²) < 4.78 is 8.98. The lowest BCUT2D eigenvalue weighted by atomic mass is 9.76. The predicted molar refractivity (Wildman–Crippen MR) is 49.8 cm³/mol. The Balaban J connectivity index is 3.17. The average Bonchev–Trinajstić information content (AvgIpc) is 2.28. The van der Waals surface area contributed by atoms with E-state index >= 15 is 0 Å². The predicted octanol–water partition coefficient (Wildman–Crippen LogP) is 0.238. The maximum Gasteiger partial charge on any atom is 0.331 e. The molecule has 0 amide bonds. The fraction of sp³-hybridized carbons (Fsp3) is 0.500. The molecule has 0 saturated carbocycles. The maximum absolute atomic E-state index is 11.6. The molecular formula is C10H12O5. The van der Waals surface area contributed by atoms with Crippen LogP contribution in [0.2, 0.25) is 0 Å². The van der Waals surface area contributed by atoms with E-state index in [4.69, 9.17) is 0 Å². The zero-order valence-electron chi connectivity index (χ0n) is 8.61. The van der Waals surface area contributed by atoms with Gasteiger partial charge in [-0.15, -0.1) is 0 Å².